The normalized spacial score (nSPS) is 20.7. The first kappa shape index (κ1) is 16.2. The minimum atomic E-state index is -3.82. The zero-order valence-corrected chi connectivity index (χ0v) is 12.3. The minimum Gasteiger partial charge on any atom is -0.446 e. The van der Waals surface area contributed by atoms with Crippen molar-refractivity contribution in [3.8, 4) is 0 Å². The van der Waals surface area contributed by atoms with Gasteiger partial charge in [-0.15, -0.1) is 0 Å². The average Bonchev–Trinajstić information content (AvgIpc) is 2.72. The summed E-state index contributed by atoms with van der Waals surface area (Å²) in [7, 11) is -3.82. The Hall–Kier alpha value is -0.860. The molecule has 112 valence electrons. The van der Waals surface area contributed by atoms with E-state index < -0.39 is 16.3 Å². The number of ether oxygens (including phenoxy) is 1. The van der Waals surface area contributed by atoms with E-state index in [1.165, 1.54) is 4.31 Å². The van der Waals surface area contributed by atoms with E-state index in [9.17, 15) is 13.2 Å². The zero-order valence-electron chi connectivity index (χ0n) is 11.5. The lowest BCUT2D eigenvalue weighted by Gasteiger charge is -2.23. The zero-order chi connectivity index (χ0) is 14.5. The van der Waals surface area contributed by atoms with Crippen LogP contribution >= 0.6 is 0 Å². The molecule has 0 aliphatic carbocycles. The molecular weight excluding hydrogens is 270 g/mol. The second-order valence-electron chi connectivity index (χ2n) is 4.90. The van der Waals surface area contributed by atoms with E-state index in [0.29, 0.717) is 13.1 Å². The maximum absolute atomic E-state index is 12.1. The van der Waals surface area contributed by atoms with Crippen LogP contribution in [-0.4, -0.2) is 44.1 Å². The fourth-order valence-electron chi connectivity index (χ4n) is 2.17. The van der Waals surface area contributed by atoms with Gasteiger partial charge in [0.2, 0.25) is 0 Å². The molecule has 1 saturated heterocycles. The van der Waals surface area contributed by atoms with Gasteiger partial charge in [0, 0.05) is 12.6 Å². The molecule has 0 bridgehead atoms. The lowest BCUT2D eigenvalue weighted by Crippen LogP contribution is -2.46. The van der Waals surface area contributed by atoms with Crippen molar-refractivity contribution in [2.45, 2.75) is 51.7 Å². The summed E-state index contributed by atoms with van der Waals surface area (Å²) in [5.74, 6) is 0. The molecule has 0 aromatic carbocycles. The smallest absolute Gasteiger partial charge is 0.422 e. The van der Waals surface area contributed by atoms with E-state index >= 15 is 0 Å². The standard InChI is InChI=1S/C11H23N3O4S/c1-9(2)18-11(15)13-19(16,17)14-8-4-6-10(14)5-3-7-12/h9-10H,3-8,12H2,1-2H3,(H,13,15). The Balaban J connectivity index is 2.62. The second kappa shape index (κ2) is 7.06. The molecule has 19 heavy (non-hydrogen) atoms. The summed E-state index contributed by atoms with van der Waals surface area (Å²) in [4.78, 5) is 11.4. The molecule has 0 saturated carbocycles. The molecule has 1 fully saturated rings. The SMILES string of the molecule is CC(C)OC(=O)NS(=O)(=O)N1CCCC1CCCN. The monoisotopic (exact) mass is 293 g/mol. The van der Waals surface area contributed by atoms with Crippen LogP contribution in [0.5, 0.6) is 0 Å². The highest BCUT2D eigenvalue weighted by Gasteiger charge is 2.35. The number of carbonyl (C=O) groups is 1. The van der Waals surface area contributed by atoms with Gasteiger partial charge < -0.3 is 10.5 Å². The Morgan fingerprint density at radius 2 is 2.21 bits per heavy atom. The maximum atomic E-state index is 12.1. The number of nitrogens with one attached hydrogen (secondary N) is 1. The van der Waals surface area contributed by atoms with Gasteiger partial charge in [-0.2, -0.15) is 12.7 Å². The van der Waals surface area contributed by atoms with Crippen LogP contribution in [0, 0.1) is 0 Å². The summed E-state index contributed by atoms with van der Waals surface area (Å²) in [5, 5.41) is 0. The van der Waals surface area contributed by atoms with Gasteiger partial charge in [-0.05, 0) is 46.1 Å². The molecule has 1 heterocycles. The quantitative estimate of drug-likeness (QED) is 0.745. The van der Waals surface area contributed by atoms with Crippen LogP contribution in [-0.2, 0) is 14.9 Å². The van der Waals surface area contributed by atoms with Crippen LogP contribution in [0.2, 0.25) is 0 Å². The molecule has 1 amide bonds. The Labute approximate surface area is 114 Å². The first-order valence-corrected chi connectivity index (χ1v) is 8.01. The van der Waals surface area contributed by atoms with E-state index in [0.717, 1.165) is 25.7 Å². The van der Waals surface area contributed by atoms with Gasteiger partial charge >= 0.3 is 16.3 Å². The average molecular weight is 293 g/mol. The van der Waals surface area contributed by atoms with Gasteiger partial charge in [0.05, 0.1) is 6.10 Å². The Kier molecular flexibility index (Phi) is 6.02. The van der Waals surface area contributed by atoms with Crippen LogP contribution in [0.4, 0.5) is 4.79 Å². The molecule has 1 aliphatic heterocycles. The number of amides is 1. The molecule has 0 aromatic rings. The Morgan fingerprint density at radius 1 is 1.53 bits per heavy atom. The predicted molar refractivity (Wildman–Crippen MR) is 71.7 cm³/mol. The molecule has 1 rings (SSSR count). The summed E-state index contributed by atoms with van der Waals surface area (Å²) < 4.78 is 32.2. The second-order valence-corrected chi connectivity index (χ2v) is 6.52. The molecular formula is C11H23N3O4S. The molecule has 1 unspecified atom stereocenters. The lowest BCUT2D eigenvalue weighted by atomic mass is 10.1. The van der Waals surface area contributed by atoms with Gasteiger partial charge in [-0.1, -0.05) is 0 Å². The summed E-state index contributed by atoms with van der Waals surface area (Å²) >= 11 is 0. The maximum Gasteiger partial charge on any atom is 0.422 e. The van der Waals surface area contributed by atoms with E-state index in [2.05, 4.69) is 0 Å². The Morgan fingerprint density at radius 3 is 2.79 bits per heavy atom. The number of nitrogens with two attached hydrogens (primary N) is 1. The van der Waals surface area contributed by atoms with Gasteiger partial charge in [-0.3, -0.25) is 0 Å². The third-order valence-corrected chi connectivity index (χ3v) is 4.45. The molecule has 1 atom stereocenters. The molecule has 0 spiro atoms. The molecule has 7 nitrogen and oxygen atoms in total. The van der Waals surface area contributed by atoms with Crippen LogP contribution in [0.15, 0.2) is 0 Å². The lowest BCUT2D eigenvalue weighted by molar-refractivity contribution is 0.121. The predicted octanol–water partition coefficient (Wildman–Crippen LogP) is 0.569. The number of carbonyl (C=O) groups excluding carboxylic acids is 1. The highest BCUT2D eigenvalue weighted by molar-refractivity contribution is 7.87. The largest absolute Gasteiger partial charge is 0.446 e. The van der Waals surface area contributed by atoms with E-state index in [1.54, 1.807) is 13.8 Å². The number of rotatable bonds is 6. The summed E-state index contributed by atoms with van der Waals surface area (Å²) in [6.45, 7) is 4.28. The van der Waals surface area contributed by atoms with Crippen molar-refractivity contribution >= 4 is 16.3 Å². The third kappa shape index (κ3) is 4.96. The molecule has 0 aromatic heterocycles. The van der Waals surface area contributed by atoms with Crippen molar-refractivity contribution in [2.24, 2.45) is 5.73 Å². The van der Waals surface area contributed by atoms with E-state index in [4.69, 9.17) is 10.5 Å². The highest BCUT2D eigenvalue weighted by atomic mass is 32.2. The van der Waals surface area contributed by atoms with Gasteiger partial charge in [-0.25, -0.2) is 9.52 Å². The van der Waals surface area contributed by atoms with Crippen LogP contribution < -0.4 is 10.5 Å². The van der Waals surface area contributed by atoms with Crippen LogP contribution in [0.1, 0.15) is 39.5 Å². The van der Waals surface area contributed by atoms with Crippen molar-refractivity contribution in [3.05, 3.63) is 0 Å². The van der Waals surface area contributed by atoms with Crippen molar-refractivity contribution in [3.63, 3.8) is 0 Å². The topological polar surface area (TPSA) is 102 Å². The van der Waals surface area contributed by atoms with Crippen molar-refractivity contribution in [2.75, 3.05) is 13.1 Å². The fraction of sp³-hybridized carbons (Fsp3) is 0.909. The third-order valence-electron chi connectivity index (χ3n) is 2.93. The summed E-state index contributed by atoms with van der Waals surface area (Å²) in [6, 6.07) is -0.0760. The van der Waals surface area contributed by atoms with Crippen molar-refractivity contribution in [1.82, 2.24) is 9.03 Å². The first-order valence-electron chi connectivity index (χ1n) is 6.57. The van der Waals surface area contributed by atoms with Gasteiger partial charge in [0.1, 0.15) is 0 Å². The molecule has 0 radical (unpaired) electrons. The minimum absolute atomic E-state index is 0.0760. The Bertz CT molecular complexity index is 397. The van der Waals surface area contributed by atoms with Crippen LogP contribution in [0.25, 0.3) is 0 Å². The van der Waals surface area contributed by atoms with E-state index in [-0.39, 0.29) is 12.1 Å². The fourth-order valence-corrected chi connectivity index (χ4v) is 3.52. The number of hydrogen-bond donors (Lipinski definition) is 2. The van der Waals surface area contributed by atoms with E-state index in [1.807, 2.05) is 4.72 Å². The summed E-state index contributed by atoms with van der Waals surface area (Å²) in [6.07, 6.45) is 1.81. The van der Waals surface area contributed by atoms with Crippen LogP contribution in [0.3, 0.4) is 0 Å². The number of hydrogen-bond acceptors (Lipinski definition) is 5. The highest BCUT2D eigenvalue weighted by Crippen LogP contribution is 2.23. The van der Waals surface area contributed by atoms with Gasteiger partial charge in [0.15, 0.2) is 0 Å². The first-order chi connectivity index (χ1) is 8.86. The molecule has 8 heteroatoms. The number of nitrogens with zero attached hydrogens (tertiary/aromatic N) is 1. The van der Waals surface area contributed by atoms with Crippen molar-refractivity contribution < 1.29 is 17.9 Å². The van der Waals surface area contributed by atoms with Crippen molar-refractivity contribution in [1.29, 1.82) is 0 Å². The molecule has 1 aliphatic rings. The summed E-state index contributed by atoms with van der Waals surface area (Å²) in [5.41, 5.74) is 5.44. The molecule has 3 N–H and O–H groups in total. The van der Waals surface area contributed by atoms with Gasteiger partial charge in [0.25, 0.3) is 0 Å².